The zero-order valence-corrected chi connectivity index (χ0v) is 11.8. The van der Waals surface area contributed by atoms with E-state index in [1.807, 2.05) is 0 Å². The minimum atomic E-state index is -3.10. The summed E-state index contributed by atoms with van der Waals surface area (Å²) in [5.74, 6) is -2.07. The Hall–Kier alpha value is -2.29. The summed E-state index contributed by atoms with van der Waals surface area (Å²) in [6, 6.07) is 3.38. The number of nitrogens with zero attached hydrogens (tertiary/aromatic N) is 1. The first-order valence-electron chi connectivity index (χ1n) is 6.12. The number of anilines is 1. The number of hydrogen-bond donors (Lipinski definition) is 3. The quantitative estimate of drug-likeness (QED) is 0.677. The Labute approximate surface area is 120 Å². The first-order valence-corrected chi connectivity index (χ1v) is 7.94. The second kappa shape index (κ2) is 5.60. The number of carboxylic acids is 1. The molecular weight excluding hydrogens is 300 g/mol. The summed E-state index contributed by atoms with van der Waals surface area (Å²) in [7, 11) is -3.10. The molecule has 21 heavy (non-hydrogen) atoms. The van der Waals surface area contributed by atoms with Gasteiger partial charge in [-0.25, -0.2) is 18.0 Å². The van der Waals surface area contributed by atoms with Gasteiger partial charge in [0, 0.05) is 13.1 Å². The van der Waals surface area contributed by atoms with Gasteiger partial charge in [-0.05, 0) is 12.1 Å². The van der Waals surface area contributed by atoms with Crippen LogP contribution in [0.1, 0.15) is 10.4 Å². The summed E-state index contributed by atoms with van der Waals surface area (Å²) in [6.45, 7) is 0.126. The van der Waals surface area contributed by atoms with E-state index >= 15 is 0 Å². The van der Waals surface area contributed by atoms with Crippen LogP contribution in [-0.2, 0) is 9.84 Å². The second-order valence-electron chi connectivity index (χ2n) is 4.58. The molecule has 1 aromatic carbocycles. The standard InChI is InChI=1S/C12H14N2O6S/c15-10-8(11(16)17)2-1-3-9(10)13-12(18)14-4-6-21(19,20)7-5-14/h1-3,15H,4-7H2,(H,13,18)(H,16,17). The summed E-state index contributed by atoms with van der Waals surface area (Å²) >= 11 is 0. The topological polar surface area (TPSA) is 124 Å². The molecular formula is C12H14N2O6S. The molecule has 1 aliphatic heterocycles. The molecule has 0 radical (unpaired) electrons. The van der Waals surface area contributed by atoms with E-state index in [0.717, 1.165) is 0 Å². The van der Waals surface area contributed by atoms with Crippen molar-refractivity contribution in [1.29, 1.82) is 0 Å². The Morgan fingerprint density at radius 2 is 1.81 bits per heavy atom. The third-order valence-corrected chi connectivity index (χ3v) is 4.75. The van der Waals surface area contributed by atoms with Gasteiger partial charge < -0.3 is 20.4 Å². The molecule has 0 atom stereocenters. The molecule has 0 aromatic heterocycles. The van der Waals surface area contributed by atoms with Crippen LogP contribution in [0.3, 0.4) is 0 Å². The molecule has 2 rings (SSSR count). The van der Waals surface area contributed by atoms with Crippen molar-refractivity contribution < 1.29 is 28.2 Å². The van der Waals surface area contributed by atoms with Crippen molar-refractivity contribution in [2.45, 2.75) is 0 Å². The maximum absolute atomic E-state index is 12.0. The lowest BCUT2D eigenvalue weighted by Crippen LogP contribution is -2.45. The minimum Gasteiger partial charge on any atom is -0.505 e. The van der Waals surface area contributed by atoms with Crippen LogP contribution in [0.5, 0.6) is 5.75 Å². The molecule has 1 saturated heterocycles. The third kappa shape index (κ3) is 3.43. The van der Waals surface area contributed by atoms with Crippen molar-refractivity contribution in [1.82, 2.24) is 4.90 Å². The van der Waals surface area contributed by atoms with Gasteiger partial charge in [0.05, 0.1) is 17.2 Å². The van der Waals surface area contributed by atoms with Gasteiger partial charge in [-0.1, -0.05) is 6.07 Å². The van der Waals surface area contributed by atoms with Gasteiger partial charge in [0.25, 0.3) is 0 Å². The van der Waals surface area contributed by atoms with Gasteiger partial charge in [-0.15, -0.1) is 0 Å². The van der Waals surface area contributed by atoms with Gasteiger partial charge >= 0.3 is 12.0 Å². The number of carbonyl (C=O) groups excluding carboxylic acids is 1. The van der Waals surface area contributed by atoms with E-state index in [1.165, 1.54) is 23.1 Å². The number of aromatic carboxylic acids is 1. The van der Waals surface area contributed by atoms with Crippen LogP contribution in [0, 0.1) is 0 Å². The SMILES string of the molecule is O=C(O)c1cccc(NC(=O)N2CCS(=O)(=O)CC2)c1O. The first-order chi connectivity index (χ1) is 9.80. The van der Waals surface area contributed by atoms with E-state index in [4.69, 9.17) is 5.11 Å². The molecule has 114 valence electrons. The van der Waals surface area contributed by atoms with Crippen molar-refractivity contribution in [2.75, 3.05) is 29.9 Å². The number of hydrogen-bond acceptors (Lipinski definition) is 5. The van der Waals surface area contributed by atoms with Gasteiger partial charge in [0.15, 0.2) is 15.6 Å². The number of rotatable bonds is 2. The zero-order valence-electron chi connectivity index (χ0n) is 10.9. The van der Waals surface area contributed by atoms with Crippen molar-refractivity contribution >= 4 is 27.5 Å². The maximum atomic E-state index is 12.0. The van der Waals surface area contributed by atoms with Crippen LogP contribution >= 0.6 is 0 Å². The van der Waals surface area contributed by atoms with E-state index in [9.17, 15) is 23.1 Å². The number of urea groups is 1. The number of aromatic hydroxyl groups is 1. The van der Waals surface area contributed by atoms with E-state index in [-0.39, 0.29) is 35.8 Å². The van der Waals surface area contributed by atoms with Crippen LogP contribution in [-0.4, -0.2) is 60.1 Å². The molecule has 0 unspecified atom stereocenters. The molecule has 1 fully saturated rings. The second-order valence-corrected chi connectivity index (χ2v) is 6.88. The zero-order chi connectivity index (χ0) is 15.6. The Bertz CT molecular complexity index is 671. The monoisotopic (exact) mass is 314 g/mol. The molecule has 2 amide bonds. The smallest absolute Gasteiger partial charge is 0.339 e. The molecule has 9 heteroatoms. The fourth-order valence-corrected chi connectivity index (χ4v) is 3.13. The lowest BCUT2D eigenvalue weighted by atomic mass is 10.1. The molecule has 0 bridgehead atoms. The van der Waals surface area contributed by atoms with Crippen LogP contribution in [0.4, 0.5) is 10.5 Å². The van der Waals surface area contributed by atoms with Crippen molar-refractivity contribution in [3.8, 4) is 5.75 Å². The molecule has 3 N–H and O–H groups in total. The third-order valence-electron chi connectivity index (χ3n) is 3.14. The highest BCUT2D eigenvalue weighted by atomic mass is 32.2. The molecule has 0 spiro atoms. The Kier molecular flexibility index (Phi) is 4.03. The van der Waals surface area contributed by atoms with Gasteiger partial charge in [-0.3, -0.25) is 0 Å². The number of para-hydroxylation sites is 1. The fourth-order valence-electron chi connectivity index (χ4n) is 1.93. The number of carbonyl (C=O) groups is 2. The lowest BCUT2D eigenvalue weighted by Gasteiger charge is -2.27. The van der Waals surface area contributed by atoms with Crippen molar-refractivity contribution in [3.63, 3.8) is 0 Å². The van der Waals surface area contributed by atoms with Gasteiger partial charge in [0.2, 0.25) is 0 Å². The first kappa shape index (κ1) is 15.1. The minimum absolute atomic E-state index is 0.0340. The Balaban J connectivity index is 2.10. The van der Waals surface area contributed by atoms with E-state index in [0.29, 0.717) is 0 Å². The predicted molar refractivity (Wildman–Crippen MR) is 74.3 cm³/mol. The van der Waals surface area contributed by atoms with Crippen LogP contribution in [0.15, 0.2) is 18.2 Å². The summed E-state index contributed by atoms with van der Waals surface area (Å²) in [6.07, 6.45) is 0. The summed E-state index contributed by atoms with van der Waals surface area (Å²) in [5, 5.41) is 21.0. The Morgan fingerprint density at radius 3 is 2.38 bits per heavy atom. The normalized spacial score (nSPS) is 17.2. The maximum Gasteiger partial charge on any atom is 0.339 e. The Morgan fingerprint density at radius 1 is 1.19 bits per heavy atom. The summed E-state index contributed by atoms with van der Waals surface area (Å²) in [5.41, 5.74) is -0.359. The van der Waals surface area contributed by atoms with Crippen LogP contribution < -0.4 is 5.32 Å². The van der Waals surface area contributed by atoms with Gasteiger partial charge in [-0.2, -0.15) is 0 Å². The van der Waals surface area contributed by atoms with E-state index in [1.54, 1.807) is 0 Å². The highest BCUT2D eigenvalue weighted by Gasteiger charge is 2.25. The van der Waals surface area contributed by atoms with E-state index < -0.39 is 27.6 Å². The number of amides is 2. The summed E-state index contributed by atoms with van der Waals surface area (Å²) < 4.78 is 22.6. The predicted octanol–water partition coefficient (Wildman–Crippen LogP) is 0.353. The highest BCUT2D eigenvalue weighted by Crippen LogP contribution is 2.27. The average molecular weight is 314 g/mol. The van der Waals surface area contributed by atoms with Gasteiger partial charge in [0.1, 0.15) is 5.56 Å². The molecule has 1 aliphatic rings. The highest BCUT2D eigenvalue weighted by molar-refractivity contribution is 7.91. The van der Waals surface area contributed by atoms with E-state index in [2.05, 4.69) is 5.32 Å². The molecule has 0 saturated carbocycles. The van der Waals surface area contributed by atoms with Crippen molar-refractivity contribution in [3.05, 3.63) is 23.8 Å². The van der Waals surface area contributed by atoms with Crippen molar-refractivity contribution in [2.24, 2.45) is 0 Å². The van der Waals surface area contributed by atoms with Crippen LogP contribution in [0.25, 0.3) is 0 Å². The summed E-state index contributed by atoms with van der Waals surface area (Å²) in [4.78, 5) is 24.2. The molecule has 1 heterocycles. The number of carboxylic acid groups (broad SMARTS) is 1. The number of sulfone groups is 1. The number of benzene rings is 1. The van der Waals surface area contributed by atoms with Crippen LogP contribution in [0.2, 0.25) is 0 Å². The number of phenols is 1. The number of nitrogens with one attached hydrogen (secondary N) is 1. The fraction of sp³-hybridized carbons (Fsp3) is 0.333. The largest absolute Gasteiger partial charge is 0.505 e. The molecule has 1 aromatic rings. The molecule has 0 aliphatic carbocycles. The lowest BCUT2D eigenvalue weighted by molar-refractivity contribution is 0.0693. The average Bonchev–Trinajstić information content (AvgIpc) is 2.40. The molecule has 8 nitrogen and oxygen atoms in total.